The van der Waals surface area contributed by atoms with Gasteiger partial charge in [-0.05, 0) is 29.4 Å². The van der Waals surface area contributed by atoms with E-state index in [9.17, 15) is 4.79 Å². The molecule has 0 saturated carbocycles. The molecule has 0 aliphatic rings. The molecule has 19 heavy (non-hydrogen) atoms. The minimum absolute atomic E-state index is 0.0207. The largest absolute Gasteiger partial charge is 0.359 e. The number of rotatable bonds is 6. The predicted octanol–water partition coefficient (Wildman–Crippen LogP) is 1.56. The Labute approximate surface area is 123 Å². The first-order valence-electron chi connectivity index (χ1n) is 6.51. The SMILES string of the molecule is CCc1nn(C)c(CN(C)CC(C)C(=O)NC)c1Br. The summed E-state index contributed by atoms with van der Waals surface area (Å²) in [6.07, 6.45) is 0.910. The second kappa shape index (κ2) is 7.05. The van der Waals surface area contributed by atoms with Crippen LogP contribution >= 0.6 is 15.9 Å². The number of nitrogens with zero attached hydrogens (tertiary/aromatic N) is 3. The number of carbonyl (C=O) groups excluding carboxylic acids is 1. The van der Waals surface area contributed by atoms with Crippen LogP contribution in [0.2, 0.25) is 0 Å². The molecule has 0 spiro atoms. The van der Waals surface area contributed by atoms with Crippen LogP contribution in [0.25, 0.3) is 0 Å². The molecule has 108 valence electrons. The number of halogens is 1. The van der Waals surface area contributed by atoms with Gasteiger partial charge < -0.3 is 5.32 Å². The van der Waals surface area contributed by atoms with E-state index in [-0.39, 0.29) is 11.8 Å². The van der Waals surface area contributed by atoms with Gasteiger partial charge in [0, 0.05) is 33.1 Å². The molecule has 0 fully saturated rings. The third-order valence-corrected chi connectivity index (χ3v) is 4.12. The van der Waals surface area contributed by atoms with E-state index in [4.69, 9.17) is 0 Å². The van der Waals surface area contributed by atoms with Gasteiger partial charge in [0.05, 0.1) is 15.9 Å². The van der Waals surface area contributed by atoms with Gasteiger partial charge in [-0.25, -0.2) is 0 Å². The lowest BCUT2D eigenvalue weighted by molar-refractivity contribution is -0.124. The van der Waals surface area contributed by atoms with Gasteiger partial charge in [-0.2, -0.15) is 5.10 Å². The fourth-order valence-electron chi connectivity index (χ4n) is 2.11. The summed E-state index contributed by atoms with van der Waals surface area (Å²) in [6.45, 7) is 5.52. The minimum Gasteiger partial charge on any atom is -0.359 e. The average Bonchev–Trinajstić information content (AvgIpc) is 2.64. The molecule has 1 atom stereocenters. The van der Waals surface area contributed by atoms with E-state index < -0.39 is 0 Å². The fraction of sp³-hybridized carbons (Fsp3) is 0.692. The highest BCUT2D eigenvalue weighted by molar-refractivity contribution is 9.10. The Hall–Kier alpha value is -0.880. The molecule has 1 amide bonds. The van der Waals surface area contributed by atoms with Crippen molar-refractivity contribution in [1.29, 1.82) is 0 Å². The molecule has 1 unspecified atom stereocenters. The van der Waals surface area contributed by atoms with Crippen LogP contribution in [0.5, 0.6) is 0 Å². The first kappa shape index (κ1) is 16.2. The summed E-state index contributed by atoms with van der Waals surface area (Å²) >= 11 is 3.61. The van der Waals surface area contributed by atoms with Crippen LogP contribution in [0.15, 0.2) is 4.47 Å². The third-order valence-electron chi connectivity index (χ3n) is 3.20. The van der Waals surface area contributed by atoms with E-state index in [2.05, 4.69) is 38.2 Å². The van der Waals surface area contributed by atoms with Crippen molar-refractivity contribution >= 4 is 21.8 Å². The Kier molecular flexibility index (Phi) is 6.00. The molecule has 0 aliphatic heterocycles. The molecular weight excluding hydrogens is 308 g/mol. The maximum absolute atomic E-state index is 11.5. The smallest absolute Gasteiger partial charge is 0.223 e. The number of carbonyl (C=O) groups is 1. The van der Waals surface area contributed by atoms with Crippen molar-refractivity contribution in [1.82, 2.24) is 20.0 Å². The van der Waals surface area contributed by atoms with E-state index in [1.54, 1.807) is 7.05 Å². The van der Waals surface area contributed by atoms with Crippen LogP contribution in [-0.2, 0) is 24.8 Å². The molecule has 0 radical (unpaired) electrons. The molecule has 1 aromatic heterocycles. The molecule has 0 aliphatic carbocycles. The summed E-state index contributed by atoms with van der Waals surface area (Å²) in [5.74, 6) is 0.0535. The third kappa shape index (κ3) is 4.04. The number of amides is 1. The Morgan fingerprint density at radius 2 is 2.21 bits per heavy atom. The van der Waals surface area contributed by atoms with Gasteiger partial charge in [0.1, 0.15) is 0 Å². The van der Waals surface area contributed by atoms with Crippen LogP contribution in [0.4, 0.5) is 0 Å². The maximum atomic E-state index is 11.5. The van der Waals surface area contributed by atoms with Gasteiger partial charge in [0.25, 0.3) is 0 Å². The average molecular weight is 331 g/mol. The van der Waals surface area contributed by atoms with Crippen molar-refractivity contribution in [3.63, 3.8) is 0 Å². The Bertz CT molecular complexity index is 444. The summed E-state index contributed by atoms with van der Waals surface area (Å²) in [6, 6.07) is 0. The number of aryl methyl sites for hydroxylation is 2. The highest BCUT2D eigenvalue weighted by Crippen LogP contribution is 2.22. The first-order chi connectivity index (χ1) is 8.90. The highest BCUT2D eigenvalue weighted by atomic mass is 79.9. The first-order valence-corrected chi connectivity index (χ1v) is 7.30. The second-order valence-electron chi connectivity index (χ2n) is 4.90. The zero-order valence-corrected chi connectivity index (χ0v) is 13.9. The van der Waals surface area contributed by atoms with E-state index in [1.165, 1.54) is 0 Å². The second-order valence-corrected chi connectivity index (χ2v) is 5.69. The van der Waals surface area contributed by atoms with E-state index in [0.717, 1.165) is 35.4 Å². The zero-order valence-electron chi connectivity index (χ0n) is 12.3. The van der Waals surface area contributed by atoms with Gasteiger partial charge in [0.2, 0.25) is 5.91 Å². The standard InChI is InChI=1S/C13H23BrN4O/c1-6-10-12(14)11(18(5)16-10)8-17(4)7-9(2)13(19)15-3/h9H,6-8H2,1-5H3,(H,15,19). The monoisotopic (exact) mass is 330 g/mol. The number of hydrogen-bond acceptors (Lipinski definition) is 3. The van der Waals surface area contributed by atoms with Crippen molar-refractivity contribution in [2.45, 2.75) is 26.8 Å². The van der Waals surface area contributed by atoms with Gasteiger partial charge in [-0.15, -0.1) is 0 Å². The molecule has 5 nitrogen and oxygen atoms in total. The Morgan fingerprint density at radius 1 is 1.58 bits per heavy atom. The van der Waals surface area contributed by atoms with E-state index >= 15 is 0 Å². The molecule has 0 saturated heterocycles. The number of aromatic nitrogens is 2. The lowest BCUT2D eigenvalue weighted by Gasteiger charge is -2.20. The zero-order chi connectivity index (χ0) is 14.6. The van der Waals surface area contributed by atoms with E-state index in [1.807, 2.05) is 25.7 Å². The topological polar surface area (TPSA) is 50.2 Å². The molecule has 1 N–H and O–H groups in total. The lowest BCUT2D eigenvalue weighted by Crippen LogP contribution is -2.34. The summed E-state index contributed by atoms with van der Waals surface area (Å²) in [5.41, 5.74) is 2.22. The molecule has 6 heteroatoms. The Balaban J connectivity index is 2.69. The fourth-order valence-corrected chi connectivity index (χ4v) is 2.85. The van der Waals surface area contributed by atoms with Crippen LogP contribution in [-0.4, -0.2) is 41.2 Å². The molecular formula is C13H23BrN4O. The van der Waals surface area contributed by atoms with Gasteiger partial charge in [0.15, 0.2) is 0 Å². The van der Waals surface area contributed by atoms with Crippen LogP contribution in [0, 0.1) is 5.92 Å². The quantitative estimate of drug-likeness (QED) is 0.861. The predicted molar refractivity (Wildman–Crippen MR) is 79.9 cm³/mol. The summed E-state index contributed by atoms with van der Waals surface area (Å²) in [4.78, 5) is 13.7. The normalized spacial score (nSPS) is 12.8. The van der Waals surface area contributed by atoms with Crippen LogP contribution < -0.4 is 5.32 Å². The molecule has 0 aromatic carbocycles. The van der Waals surface area contributed by atoms with Crippen molar-refractivity contribution in [2.24, 2.45) is 13.0 Å². The number of nitrogens with one attached hydrogen (secondary N) is 1. The summed E-state index contributed by atoms with van der Waals surface area (Å²) in [7, 11) is 5.64. The van der Waals surface area contributed by atoms with Crippen LogP contribution in [0.3, 0.4) is 0 Å². The van der Waals surface area contributed by atoms with Crippen molar-refractivity contribution in [3.8, 4) is 0 Å². The van der Waals surface area contributed by atoms with E-state index in [0.29, 0.717) is 0 Å². The summed E-state index contributed by atoms with van der Waals surface area (Å²) in [5, 5.41) is 7.15. The van der Waals surface area contributed by atoms with Crippen LogP contribution in [0.1, 0.15) is 25.2 Å². The van der Waals surface area contributed by atoms with Gasteiger partial charge in [-0.3, -0.25) is 14.4 Å². The Morgan fingerprint density at radius 3 is 2.68 bits per heavy atom. The minimum atomic E-state index is -0.0207. The molecule has 1 heterocycles. The van der Waals surface area contributed by atoms with Crippen molar-refractivity contribution < 1.29 is 4.79 Å². The lowest BCUT2D eigenvalue weighted by atomic mass is 10.1. The molecule has 0 bridgehead atoms. The molecule has 1 aromatic rings. The molecule has 1 rings (SSSR count). The highest BCUT2D eigenvalue weighted by Gasteiger charge is 2.17. The number of hydrogen-bond donors (Lipinski definition) is 1. The maximum Gasteiger partial charge on any atom is 0.223 e. The van der Waals surface area contributed by atoms with Crippen molar-refractivity contribution in [3.05, 3.63) is 15.9 Å². The summed E-state index contributed by atoms with van der Waals surface area (Å²) < 4.78 is 2.99. The van der Waals surface area contributed by atoms with Crippen molar-refractivity contribution in [2.75, 3.05) is 20.6 Å². The van der Waals surface area contributed by atoms with Gasteiger partial charge >= 0.3 is 0 Å². The van der Waals surface area contributed by atoms with Gasteiger partial charge in [-0.1, -0.05) is 13.8 Å².